The lowest BCUT2D eigenvalue weighted by atomic mass is 9.85. The van der Waals surface area contributed by atoms with Gasteiger partial charge in [0.15, 0.2) is 0 Å². The van der Waals surface area contributed by atoms with Crippen LogP contribution < -0.4 is 5.32 Å². The Morgan fingerprint density at radius 2 is 1.29 bits per heavy atom. The second-order valence-corrected chi connectivity index (χ2v) is 7.51. The van der Waals surface area contributed by atoms with Crippen molar-refractivity contribution in [3.8, 4) is 0 Å². The summed E-state index contributed by atoms with van der Waals surface area (Å²) in [5.41, 5.74) is 3.04. The Balaban J connectivity index is 1.46. The highest BCUT2D eigenvalue weighted by Crippen LogP contribution is 2.59. The molecule has 0 radical (unpaired) electrons. The first kappa shape index (κ1) is 16.8. The Morgan fingerprint density at radius 3 is 1.93 bits per heavy atom. The van der Waals surface area contributed by atoms with Crippen molar-refractivity contribution in [1.82, 2.24) is 0 Å². The summed E-state index contributed by atoms with van der Waals surface area (Å²) in [7, 11) is 0. The molecule has 1 amide bonds. The number of anilines is 1. The molecule has 2 nitrogen and oxygen atoms in total. The van der Waals surface area contributed by atoms with E-state index in [1.54, 1.807) is 0 Å². The van der Waals surface area contributed by atoms with Gasteiger partial charge in [0.2, 0.25) is 5.91 Å². The minimum Gasteiger partial charge on any atom is -0.326 e. The molecule has 136 valence electrons. The average Bonchev–Trinajstić information content (AvgIpc) is 3.52. The van der Waals surface area contributed by atoms with Crippen LogP contribution in [-0.2, 0) is 10.2 Å². The number of benzene rings is 4. The van der Waals surface area contributed by atoms with Crippen LogP contribution in [0.1, 0.15) is 17.5 Å². The zero-order valence-electron chi connectivity index (χ0n) is 15.5. The fourth-order valence-electron chi connectivity index (χ4n) is 4.35. The zero-order chi connectivity index (χ0) is 19.0. The third-order valence-electron chi connectivity index (χ3n) is 5.87. The van der Waals surface area contributed by atoms with Crippen LogP contribution >= 0.6 is 0 Å². The molecule has 0 bridgehead atoms. The molecule has 0 saturated heterocycles. The molecule has 0 spiro atoms. The fraction of sp³-hybridized carbons (Fsp3) is 0.115. The SMILES string of the molecule is O=C(Nc1ccc2ccccc2c1)C1CC1(c1ccccc1)c1ccccc1. The molecule has 2 heteroatoms. The van der Waals surface area contributed by atoms with Gasteiger partial charge in [-0.25, -0.2) is 0 Å². The first-order valence-corrected chi connectivity index (χ1v) is 9.68. The van der Waals surface area contributed by atoms with E-state index < -0.39 is 0 Å². The van der Waals surface area contributed by atoms with Crippen LogP contribution in [-0.4, -0.2) is 5.91 Å². The normalized spacial score (nSPS) is 17.2. The number of hydrogen-bond donors (Lipinski definition) is 1. The van der Waals surface area contributed by atoms with Gasteiger partial charge >= 0.3 is 0 Å². The van der Waals surface area contributed by atoms with Crippen molar-refractivity contribution in [1.29, 1.82) is 0 Å². The van der Waals surface area contributed by atoms with Crippen molar-refractivity contribution in [2.75, 3.05) is 5.32 Å². The zero-order valence-corrected chi connectivity index (χ0v) is 15.5. The molecule has 0 aromatic heterocycles. The van der Waals surface area contributed by atoms with E-state index in [4.69, 9.17) is 0 Å². The van der Waals surface area contributed by atoms with Crippen molar-refractivity contribution < 1.29 is 4.79 Å². The highest BCUT2D eigenvalue weighted by atomic mass is 16.2. The number of hydrogen-bond acceptors (Lipinski definition) is 1. The topological polar surface area (TPSA) is 29.1 Å². The number of fused-ring (bicyclic) bond motifs is 1. The van der Waals surface area contributed by atoms with Gasteiger partial charge in [-0.15, -0.1) is 0 Å². The van der Waals surface area contributed by atoms with Gasteiger partial charge in [0.1, 0.15) is 0 Å². The smallest absolute Gasteiger partial charge is 0.228 e. The largest absolute Gasteiger partial charge is 0.326 e. The summed E-state index contributed by atoms with van der Waals surface area (Å²) in [6.45, 7) is 0. The first-order chi connectivity index (χ1) is 13.8. The predicted molar refractivity (Wildman–Crippen MR) is 114 cm³/mol. The summed E-state index contributed by atoms with van der Waals surface area (Å²) in [4.78, 5) is 13.2. The van der Waals surface area contributed by atoms with Gasteiger partial charge in [-0.1, -0.05) is 91.0 Å². The van der Waals surface area contributed by atoms with E-state index in [-0.39, 0.29) is 17.2 Å². The molecule has 4 aromatic carbocycles. The predicted octanol–water partition coefficient (Wildman–Crippen LogP) is 5.78. The molecule has 1 aliphatic carbocycles. The van der Waals surface area contributed by atoms with Gasteiger partial charge < -0.3 is 5.32 Å². The maximum atomic E-state index is 13.2. The van der Waals surface area contributed by atoms with Gasteiger partial charge in [-0.05, 0) is 40.5 Å². The second-order valence-electron chi connectivity index (χ2n) is 7.51. The summed E-state index contributed by atoms with van der Waals surface area (Å²) in [6.07, 6.45) is 0.834. The maximum absolute atomic E-state index is 13.2. The van der Waals surface area contributed by atoms with Crippen molar-refractivity contribution in [3.63, 3.8) is 0 Å². The van der Waals surface area contributed by atoms with Gasteiger partial charge in [0, 0.05) is 11.1 Å². The summed E-state index contributed by atoms with van der Waals surface area (Å²) in [6, 6.07) is 35.1. The average molecular weight is 363 g/mol. The lowest BCUT2D eigenvalue weighted by Gasteiger charge is -2.19. The summed E-state index contributed by atoms with van der Waals surface area (Å²) >= 11 is 0. The molecule has 1 unspecified atom stereocenters. The Hall–Kier alpha value is -3.39. The standard InChI is InChI=1S/C26H21NO/c28-25(27-23-16-15-19-9-7-8-10-20(19)17-23)24-18-26(24,21-11-3-1-4-12-21)22-13-5-2-6-14-22/h1-17,24H,18H2,(H,27,28). The van der Waals surface area contributed by atoms with Gasteiger partial charge in [0.05, 0.1) is 5.92 Å². The molecular weight excluding hydrogens is 342 g/mol. The summed E-state index contributed by atoms with van der Waals surface area (Å²) in [5.74, 6) is 0.0201. The molecule has 1 aliphatic rings. The molecule has 5 rings (SSSR count). The number of carbonyl (C=O) groups excluding carboxylic acids is 1. The molecule has 4 aromatic rings. The Labute approximate surface area is 164 Å². The molecule has 0 aliphatic heterocycles. The van der Waals surface area contributed by atoms with E-state index in [1.807, 2.05) is 36.4 Å². The molecule has 28 heavy (non-hydrogen) atoms. The van der Waals surface area contributed by atoms with E-state index in [0.717, 1.165) is 17.5 Å². The molecule has 1 saturated carbocycles. The monoisotopic (exact) mass is 363 g/mol. The first-order valence-electron chi connectivity index (χ1n) is 9.68. The van der Waals surface area contributed by atoms with Crippen LogP contribution in [0.4, 0.5) is 5.69 Å². The van der Waals surface area contributed by atoms with E-state index in [0.29, 0.717) is 0 Å². The second kappa shape index (κ2) is 6.65. The third kappa shape index (κ3) is 2.78. The van der Waals surface area contributed by atoms with Crippen molar-refractivity contribution in [3.05, 3.63) is 114 Å². The van der Waals surface area contributed by atoms with Gasteiger partial charge in [0.25, 0.3) is 0 Å². The lowest BCUT2D eigenvalue weighted by molar-refractivity contribution is -0.117. The van der Waals surface area contributed by atoms with Crippen LogP contribution in [0.25, 0.3) is 10.8 Å². The van der Waals surface area contributed by atoms with Crippen LogP contribution in [0.3, 0.4) is 0 Å². The molecule has 1 atom stereocenters. The number of nitrogens with one attached hydrogen (secondary N) is 1. The summed E-state index contributed by atoms with van der Waals surface area (Å²) in [5, 5.41) is 5.46. The van der Waals surface area contributed by atoms with E-state index in [9.17, 15) is 4.79 Å². The van der Waals surface area contributed by atoms with Crippen LogP contribution in [0, 0.1) is 5.92 Å². The molecule has 1 fully saturated rings. The van der Waals surface area contributed by atoms with Gasteiger partial charge in [-0.3, -0.25) is 4.79 Å². The highest BCUT2D eigenvalue weighted by Gasteiger charge is 2.60. The van der Waals surface area contributed by atoms with E-state index in [1.165, 1.54) is 16.5 Å². The van der Waals surface area contributed by atoms with E-state index in [2.05, 4.69) is 72.0 Å². The Bertz CT molecular complexity index is 1100. The third-order valence-corrected chi connectivity index (χ3v) is 5.87. The number of rotatable bonds is 4. The Morgan fingerprint density at radius 1 is 0.714 bits per heavy atom. The van der Waals surface area contributed by atoms with Crippen LogP contribution in [0.5, 0.6) is 0 Å². The molecule has 0 heterocycles. The fourth-order valence-corrected chi connectivity index (χ4v) is 4.35. The maximum Gasteiger partial charge on any atom is 0.228 e. The lowest BCUT2D eigenvalue weighted by Crippen LogP contribution is -2.22. The van der Waals surface area contributed by atoms with Crippen molar-refractivity contribution in [2.24, 2.45) is 5.92 Å². The quantitative estimate of drug-likeness (QED) is 0.489. The molecule has 1 N–H and O–H groups in total. The van der Waals surface area contributed by atoms with Crippen LogP contribution in [0.15, 0.2) is 103 Å². The van der Waals surface area contributed by atoms with Crippen molar-refractivity contribution >= 4 is 22.4 Å². The highest BCUT2D eigenvalue weighted by molar-refractivity contribution is 5.99. The minimum atomic E-state index is -0.233. The number of amides is 1. The van der Waals surface area contributed by atoms with Crippen molar-refractivity contribution in [2.45, 2.75) is 11.8 Å². The van der Waals surface area contributed by atoms with E-state index >= 15 is 0 Å². The molecular formula is C26H21NO. The summed E-state index contributed by atoms with van der Waals surface area (Å²) < 4.78 is 0. The number of carbonyl (C=O) groups is 1. The minimum absolute atomic E-state index is 0.0660. The van der Waals surface area contributed by atoms with Crippen LogP contribution in [0.2, 0.25) is 0 Å². The Kier molecular flexibility index (Phi) is 3.98. The van der Waals surface area contributed by atoms with Gasteiger partial charge in [-0.2, -0.15) is 0 Å².